The molecule has 0 unspecified atom stereocenters. The van der Waals surface area contributed by atoms with E-state index in [0.29, 0.717) is 13.2 Å². The van der Waals surface area contributed by atoms with Crippen molar-refractivity contribution < 1.29 is 14.3 Å². The third-order valence-electron chi connectivity index (χ3n) is 4.82. The van der Waals surface area contributed by atoms with E-state index < -0.39 is 5.41 Å². The van der Waals surface area contributed by atoms with E-state index in [1.165, 1.54) is 0 Å². The van der Waals surface area contributed by atoms with Crippen LogP contribution in [-0.4, -0.2) is 32.7 Å². The van der Waals surface area contributed by atoms with E-state index in [4.69, 9.17) is 9.47 Å². The second-order valence-corrected chi connectivity index (χ2v) is 6.71. The molecule has 1 saturated heterocycles. The maximum Gasteiger partial charge on any atom is 0.228 e. The minimum Gasteiger partial charge on any atom is -0.457 e. The third kappa shape index (κ3) is 5.70. The molecule has 2 aromatic rings. The fourth-order valence-corrected chi connectivity index (χ4v) is 3.29. The van der Waals surface area contributed by atoms with Gasteiger partial charge in [-0.05, 0) is 55.8 Å². The van der Waals surface area contributed by atoms with Crippen LogP contribution < -0.4 is 15.4 Å². The molecule has 0 aliphatic carbocycles. The lowest BCUT2D eigenvalue weighted by atomic mass is 9.78. The smallest absolute Gasteiger partial charge is 0.228 e. The van der Waals surface area contributed by atoms with Crippen LogP contribution in [0, 0.1) is 5.41 Å². The highest BCUT2D eigenvalue weighted by atomic mass is 35.5. The van der Waals surface area contributed by atoms with Gasteiger partial charge in [0.05, 0.1) is 12.0 Å². The summed E-state index contributed by atoms with van der Waals surface area (Å²) in [7, 11) is 1.66. The molecule has 146 valence electrons. The first-order valence-electron chi connectivity index (χ1n) is 9.02. The van der Waals surface area contributed by atoms with Gasteiger partial charge in [-0.1, -0.05) is 30.3 Å². The number of hydrogen-bond donors (Lipinski definition) is 2. The summed E-state index contributed by atoms with van der Waals surface area (Å²) in [4.78, 5) is 12.7. The van der Waals surface area contributed by atoms with Crippen molar-refractivity contribution in [1.29, 1.82) is 0 Å². The predicted molar refractivity (Wildman–Crippen MR) is 108 cm³/mol. The van der Waals surface area contributed by atoms with E-state index in [-0.39, 0.29) is 18.3 Å². The van der Waals surface area contributed by atoms with Gasteiger partial charge < -0.3 is 20.1 Å². The van der Waals surface area contributed by atoms with Crippen molar-refractivity contribution in [2.45, 2.75) is 19.4 Å². The van der Waals surface area contributed by atoms with Gasteiger partial charge in [-0.25, -0.2) is 0 Å². The first-order chi connectivity index (χ1) is 12.7. The number of carbonyl (C=O) groups excluding carboxylic acids is 1. The number of nitrogens with one attached hydrogen (secondary N) is 2. The average Bonchev–Trinajstić information content (AvgIpc) is 2.69. The minimum atomic E-state index is -0.420. The Hall–Kier alpha value is -2.08. The number of amides is 1. The van der Waals surface area contributed by atoms with E-state index in [1.807, 2.05) is 54.6 Å². The highest BCUT2D eigenvalue weighted by Gasteiger charge is 2.39. The van der Waals surface area contributed by atoms with Crippen molar-refractivity contribution in [3.8, 4) is 11.5 Å². The van der Waals surface area contributed by atoms with E-state index >= 15 is 0 Å². The number of ether oxygens (including phenoxy) is 2. The molecule has 0 atom stereocenters. The van der Waals surface area contributed by atoms with Crippen LogP contribution in [0.1, 0.15) is 18.4 Å². The Kier molecular flexibility index (Phi) is 8.10. The maximum atomic E-state index is 12.7. The molecule has 2 N–H and O–H groups in total. The molecular formula is C21H27ClN2O3. The molecule has 0 bridgehead atoms. The lowest BCUT2D eigenvalue weighted by molar-refractivity contribution is -0.136. The fourth-order valence-electron chi connectivity index (χ4n) is 3.29. The standard InChI is InChI=1S/C21H26N2O3.ClH/c1-25-16-21(11-13-22-14-12-21)20(24)23-15-17-7-9-19(10-8-17)26-18-5-3-2-4-6-18;/h2-10,22H,11-16H2,1H3,(H,23,24);1H. The van der Waals surface area contributed by atoms with Crippen LogP contribution in [-0.2, 0) is 16.1 Å². The van der Waals surface area contributed by atoms with Crippen molar-refractivity contribution in [1.82, 2.24) is 10.6 Å². The Morgan fingerprint density at radius 2 is 1.67 bits per heavy atom. The van der Waals surface area contributed by atoms with Gasteiger partial charge in [0.25, 0.3) is 0 Å². The van der Waals surface area contributed by atoms with Crippen molar-refractivity contribution >= 4 is 18.3 Å². The zero-order valence-corrected chi connectivity index (χ0v) is 16.4. The molecule has 3 rings (SSSR count). The summed E-state index contributed by atoms with van der Waals surface area (Å²) in [5, 5.41) is 6.38. The summed E-state index contributed by atoms with van der Waals surface area (Å²) in [6.45, 7) is 2.66. The number of benzene rings is 2. The van der Waals surface area contributed by atoms with Gasteiger partial charge in [0.2, 0.25) is 5.91 Å². The lowest BCUT2D eigenvalue weighted by Gasteiger charge is -2.35. The van der Waals surface area contributed by atoms with Crippen molar-refractivity contribution in [3.05, 3.63) is 60.2 Å². The molecule has 1 amide bonds. The summed E-state index contributed by atoms with van der Waals surface area (Å²) >= 11 is 0. The van der Waals surface area contributed by atoms with Gasteiger partial charge in [-0.2, -0.15) is 0 Å². The minimum absolute atomic E-state index is 0. The molecule has 0 aromatic heterocycles. The Labute approximate surface area is 166 Å². The van der Waals surface area contributed by atoms with Crippen LogP contribution in [0.5, 0.6) is 11.5 Å². The first-order valence-corrected chi connectivity index (χ1v) is 9.02. The monoisotopic (exact) mass is 390 g/mol. The summed E-state index contributed by atoms with van der Waals surface area (Å²) in [6, 6.07) is 17.5. The molecule has 1 fully saturated rings. The Morgan fingerprint density at radius 3 is 2.30 bits per heavy atom. The summed E-state index contributed by atoms with van der Waals surface area (Å²) in [5.41, 5.74) is 0.622. The molecule has 27 heavy (non-hydrogen) atoms. The van der Waals surface area contributed by atoms with Gasteiger partial charge in [0, 0.05) is 13.7 Å². The second-order valence-electron chi connectivity index (χ2n) is 6.71. The number of carbonyl (C=O) groups is 1. The molecule has 6 heteroatoms. The first kappa shape index (κ1) is 21.2. The van der Waals surface area contributed by atoms with E-state index in [1.54, 1.807) is 7.11 Å². The highest BCUT2D eigenvalue weighted by Crippen LogP contribution is 2.29. The Balaban J connectivity index is 0.00000261. The number of halogens is 1. The van der Waals surface area contributed by atoms with Crippen LogP contribution in [0.2, 0.25) is 0 Å². The summed E-state index contributed by atoms with van der Waals surface area (Å²) in [6.07, 6.45) is 1.60. The molecule has 1 aliphatic heterocycles. The number of para-hydroxylation sites is 1. The zero-order valence-electron chi connectivity index (χ0n) is 15.6. The van der Waals surface area contributed by atoms with Crippen molar-refractivity contribution in [3.63, 3.8) is 0 Å². The SMILES string of the molecule is COCC1(C(=O)NCc2ccc(Oc3ccccc3)cc2)CCNCC1.Cl. The number of piperidine rings is 1. The van der Waals surface area contributed by atoms with Gasteiger partial charge in [-0.3, -0.25) is 4.79 Å². The van der Waals surface area contributed by atoms with Crippen LogP contribution in [0.4, 0.5) is 0 Å². The number of hydrogen-bond acceptors (Lipinski definition) is 4. The van der Waals surface area contributed by atoms with E-state index in [2.05, 4.69) is 10.6 Å². The zero-order chi connectivity index (χ0) is 18.2. The fraction of sp³-hybridized carbons (Fsp3) is 0.381. The average molecular weight is 391 g/mol. The normalized spacial score (nSPS) is 15.4. The number of rotatable bonds is 7. The molecule has 5 nitrogen and oxygen atoms in total. The Morgan fingerprint density at radius 1 is 1.04 bits per heavy atom. The summed E-state index contributed by atoms with van der Waals surface area (Å²) < 4.78 is 11.1. The van der Waals surface area contributed by atoms with Crippen molar-refractivity contribution in [2.24, 2.45) is 5.41 Å². The van der Waals surface area contributed by atoms with Gasteiger partial charge >= 0.3 is 0 Å². The quantitative estimate of drug-likeness (QED) is 0.759. The largest absolute Gasteiger partial charge is 0.457 e. The molecule has 0 radical (unpaired) electrons. The van der Waals surface area contributed by atoms with Crippen molar-refractivity contribution in [2.75, 3.05) is 26.8 Å². The molecule has 0 spiro atoms. The molecule has 2 aromatic carbocycles. The van der Waals surface area contributed by atoms with Crippen LogP contribution >= 0.6 is 12.4 Å². The lowest BCUT2D eigenvalue weighted by Crippen LogP contribution is -2.49. The molecule has 0 saturated carbocycles. The maximum absolute atomic E-state index is 12.7. The second kappa shape index (κ2) is 10.3. The third-order valence-corrected chi connectivity index (χ3v) is 4.82. The van der Waals surface area contributed by atoms with E-state index in [0.717, 1.165) is 43.0 Å². The summed E-state index contributed by atoms with van der Waals surface area (Å²) in [5.74, 6) is 1.66. The van der Waals surface area contributed by atoms with Gasteiger partial charge in [0.15, 0.2) is 0 Å². The predicted octanol–water partition coefficient (Wildman–Crippen LogP) is 3.53. The van der Waals surface area contributed by atoms with Crippen LogP contribution in [0.3, 0.4) is 0 Å². The van der Waals surface area contributed by atoms with Gasteiger partial charge in [0.1, 0.15) is 11.5 Å². The van der Waals surface area contributed by atoms with Crippen LogP contribution in [0.25, 0.3) is 0 Å². The number of methoxy groups -OCH3 is 1. The highest BCUT2D eigenvalue weighted by molar-refractivity contribution is 5.85. The molecular weight excluding hydrogens is 364 g/mol. The Bertz CT molecular complexity index is 696. The van der Waals surface area contributed by atoms with Crippen LogP contribution in [0.15, 0.2) is 54.6 Å². The molecule has 1 aliphatic rings. The molecule has 1 heterocycles. The van der Waals surface area contributed by atoms with E-state index in [9.17, 15) is 4.79 Å². The topological polar surface area (TPSA) is 59.6 Å². The van der Waals surface area contributed by atoms with Gasteiger partial charge in [-0.15, -0.1) is 12.4 Å².